The van der Waals surface area contributed by atoms with Crippen LogP contribution in [0.25, 0.3) is 5.65 Å². The van der Waals surface area contributed by atoms with Gasteiger partial charge in [0.15, 0.2) is 5.65 Å². The van der Waals surface area contributed by atoms with Gasteiger partial charge in [-0.15, -0.1) is 0 Å². The van der Waals surface area contributed by atoms with E-state index in [-0.39, 0.29) is 5.69 Å². The molecule has 1 aliphatic heterocycles. The molecule has 1 saturated heterocycles. The number of β-amino-alcohol motifs (C(OH)–C–C–N with tert-alkyl or cyclic N) is 1. The van der Waals surface area contributed by atoms with Crippen LogP contribution in [0.15, 0.2) is 10.9 Å². The molecule has 0 saturated carbocycles. The number of nitrogens with zero attached hydrogens (tertiary/aromatic N) is 4. The fourth-order valence-electron chi connectivity index (χ4n) is 2.29. The maximum atomic E-state index is 11.5. The zero-order valence-electron chi connectivity index (χ0n) is 10.3. The highest BCUT2D eigenvalue weighted by atomic mass is 16.3. The monoisotopic (exact) mass is 249 g/mol. The SMILES string of the molecule is CCC1(O)CN(c2cc3n[nH]c(=O)n3c(C)n2)C1. The van der Waals surface area contributed by atoms with Crippen LogP contribution in [0.5, 0.6) is 0 Å². The minimum atomic E-state index is -0.604. The van der Waals surface area contributed by atoms with Crippen LogP contribution in [0, 0.1) is 6.92 Å². The van der Waals surface area contributed by atoms with Gasteiger partial charge in [0.1, 0.15) is 11.6 Å². The molecule has 0 aliphatic carbocycles. The van der Waals surface area contributed by atoms with Crippen molar-refractivity contribution in [3.63, 3.8) is 0 Å². The predicted octanol–water partition coefficient (Wildman–Crippen LogP) is -0.313. The molecule has 96 valence electrons. The molecule has 3 heterocycles. The number of rotatable bonds is 2. The Kier molecular flexibility index (Phi) is 2.21. The number of aromatic amines is 1. The molecule has 0 atom stereocenters. The van der Waals surface area contributed by atoms with E-state index >= 15 is 0 Å². The van der Waals surface area contributed by atoms with E-state index in [2.05, 4.69) is 15.2 Å². The van der Waals surface area contributed by atoms with Crippen LogP contribution in [0.2, 0.25) is 0 Å². The van der Waals surface area contributed by atoms with Crippen LogP contribution in [0.1, 0.15) is 19.2 Å². The van der Waals surface area contributed by atoms with E-state index in [4.69, 9.17) is 0 Å². The molecule has 0 aromatic carbocycles. The number of aryl methyl sites for hydroxylation is 1. The lowest BCUT2D eigenvalue weighted by Gasteiger charge is -2.46. The summed E-state index contributed by atoms with van der Waals surface area (Å²) in [7, 11) is 0. The Balaban J connectivity index is 1.98. The summed E-state index contributed by atoms with van der Waals surface area (Å²) in [5, 5.41) is 16.3. The quantitative estimate of drug-likeness (QED) is 0.762. The van der Waals surface area contributed by atoms with E-state index in [0.29, 0.717) is 24.6 Å². The number of fused-ring (bicyclic) bond motifs is 1. The van der Waals surface area contributed by atoms with Crippen molar-refractivity contribution in [1.82, 2.24) is 19.6 Å². The highest BCUT2D eigenvalue weighted by Crippen LogP contribution is 2.28. The van der Waals surface area contributed by atoms with Crippen molar-refractivity contribution < 1.29 is 5.11 Å². The average molecular weight is 249 g/mol. The van der Waals surface area contributed by atoms with Crippen LogP contribution >= 0.6 is 0 Å². The van der Waals surface area contributed by atoms with E-state index in [1.54, 1.807) is 13.0 Å². The molecule has 1 fully saturated rings. The Morgan fingerprint density at radius 2 is 2.28 bits per heavy atom. The van der Waals surface area contributed by atoms with Crippen LogP contribution in [0.4, 0.5) is 5.82 Å². The molecule has 2 N–H and O–H groups in total. The van der Waals surface area contributed by atoms with Gasteiger partial charge in [0.2, 0.25) is 0 Å². The van der Waals surface area contributed by atoms with Crippen LogP contribution in [-0.4, -0.2) is 43.4 Å². The lowest BCUT2D eigenvalue weighted by Crippen LogP contribution is -2.61. The molecule has 2 aromatic heterocycles. The number of nitrogens with one attached hydrogen (secondary N) is 1. The van der Waals surface area contributed by atoms with E-state index < -0.39 is 5.60 Å². The van der Waals surface area contributed by atoms with Gasteiger partial charge in [-0.2, -0.15) is 5.10 Å². The summed E-state index contributed by atoms with van der Waals surface area (Å²) < 4.78 is 1.43. The third-order valence-electron chi connectivity index (χ3n) is 3.51. The second-order valence-electron chi connectivity index (χ2n) is 4.82. The van der Waals surface area contributed by atoms with Gasteiger partial charge in [-0.05, 0) is 13.3 Å². The summed E-state index contributed by atoms with van der Waals surface area (Å²) >= 11 is 0. The molecule has 0 unspecified atom stereocenters. The number of anilines is 1. The molecule has 7 nitrogen and oxygen atoms in total. The molecule has 2 aromatic rings. The molecule has 0 bridgehead atoms. The third kappa shape index (κ3) is 1.51. The predicted molar refractivity (Wildman–Crippen MR) is 65.8 cm³/mol. The van der Waals surface area contributed by atoms with Gasteiger partial charge in [-0.1, -0.05) is 6.92 Å². The Morgan fingerprint density at radius 3 is 2.94 bits per heavy atom. The van der Waals surface area contributed by atoms with Crippen molar-refractivity contribution in [3.8, 4) is 0 Å². The van der Waals surface area contributed by atoms with Crippen molar-refractivity contribution >= 4 is 11.5 Å². The van der Waals surface area contributed by atoms with Gasteiger partial charge in [0.25, 0.3) is 0 Å². The first-order chi connectivity index (χ1) is 8.52. The van der Waals surface area contributed by atoms with Gasteiger partial charge in [0, 0.05) is 19.2 Å². The lowest BCUT2D eigenvalue weighted by atomic mass is 9.91. The number of hydrogen-bond donors (Lipinski definition) is 2. The highest BCUT2D eigenvalue weighted by molar-refractivity contribution is 5.53. The van der Waals surface area contributed by atoms with Crippen LogP contribution < -0.4 is 10.6 Å². The Hall–Kier alpha value is -1.89. The normalized spacial score (nSPS) is 18.1. The summed E-state index contributed by atoms with van der Waals surface area (Å²) in [6, 6.07) is 1.75. The molecule has 0 amide bonds. The van der Waals surface area contributed by atoms with E-state index in [1.165, 1.54) is 4.40 Å². The second kappa shape index (κ2) is 3.55. The maximum Gasteiger partial charge on any atom is 0.349 e. The zero-order valence-corrected chi connectivity index (χ0v) is 10.3. The summed E-state index contributed by atoms with van der Waals surface area (Å²) in [5.41, 5.74) is -0.336. The van der Waals surface area contributed by atoms with Crippen molar-refractivity contribution in [1.29, 1.82) is 0 Å². The Labute approximate surface area is 103 Å². The van der Waals surface area contributed by atoms with E-state index in [1.807, 2.05) is 11.8 Å². The van der Waals surface area contributed by atoms with Gasteiger partial charge >= 0.3 is 5.69 Å². The summed E-state index contributed by atoms with van der Waals surface area (Å²) in [4.78, 5) is 17.8. The van der Waals surface area contributed by atoms with E-state index in [0.717, 1.165) is 12.2 Å². The minimum Gasteiger partial charge on any atom is -0.386 e. The van der Waals surface area contributed by atoms with Gasteiger partial charge in [0.05, 0.1) is 5.60 Å². The van der Waals surface area contributed by atoms with Gasteiger partial charge < -0.3 is 10.0 Å². The smallest absolute Gasteiger partial charge is 0.349 e. The highest BCUT2D eigenvalue weighted by Gasteiger charge is 2.40. The van der Waals surface area contributed by atoms with Crippen LogP contribution in [0.3, 0.4) is 0 Å². The molecule has 3 rings (SSSR count). The number of aliphatic hydroxyl groups is 1. The van der Waals surface area contributed by atoms with E-state index in [9.17, 15) is 9.90 Å². The largest absolute Gasteiger partial charge is 0.386 e. The first-order valence-corrected chi connectivity index (χ1v) is 5.94. The van der Waals surface area contributed by atoms with Crippen molar-refractivity contribution in [2.45, 2.75) is 25.9 Å². The topological polar surface area (TPSA) is 86.5 Å². The summed E-state index contributed by atoms with van der Waals surface area (Å²) in [6.07, 6.45) is 0.729. The summed E-state index contributed by atoms with van der Waals surface area (Å²) in [6.45, 7) is 4.87. The maximum absolute atomic E-state index is 11.5. The minimum absolute atomic E-state index is 0.282. The third-order valence-corrected chi connectivity index (χ3v) is 3.51. The fraction of sp³-hybridized carbons (Fsp3) is 0.545. The van der Waals surface area contributed by atoms with Crippen molar-refractivity contribution in [2.75, 3.05) is 18.0 Å². The standard InChI is InChI=1S/C11H15N5O2/c1-3-11(18)5-15(6-11)8-4-9-13-14-10(17)16(9)7(2)12-8/h4,18H,3,5-6H2,1-2H3,(H,14,17). The van der Waals surface area contributed by atoms with Gasteiger partial charge in [-0.25, -0.2) is 19.3 Å². The zero-order chi connectivity index (χ0) is 12.9. The van der Waals surface area contributed by atoms with Crippen molar-refractivity contribution in [3.05, 3.63) is 22.4 Å². The Morgan fingerprint density at radius 1 is 1.56 bits per heavy atom. The fourth-order valence-corrected chi connectivity index (χ4v) is 2.29. The number of aromatic nitrogens is 4. The van der Waals surface area contributed by atoms with Gasteiger partial charge in [-0.3, -0.25) is 0 Å². The average Bonchev–Trinajstić information content (AvgIpc) is 2.67. The Bertz CT molecular complexity index is 653. The molecular weight excluding hydrogens is 234 g/mol. The van der Waals surface area contributed by atoms with Crippen molar-refractivity contribution in [2.24, 2.45) is 0 Å². The van der Waals surface area contributed by atoms with Crippen LogP contribution in [-0.2, 0) is 0 Å². The molecular formula is C11H15N5O2. The molecule has 0 radical (unpaired) electrons. The molecule has 7 heteroatoms. The molecule has 0 spiro atoms. The second-order valence-corrected chi connectivity index (χ2v) is 4.82. The first kappa shape index (κ1) is 11.2. The number of H-pyrrole nitrogens is 1. The summed E-state index contributed by atoms with van der Waals surface area (Å²) in [5.74, 6) is 1.34. The molecule has 1 aliphatic rings. The lowest BCUT2D eigenvalue weighted by molar-refractivity contribution is 0.00804. The first-order valence-electron chi connectivity index (χ1n) is 5.94. The number of hydrogen-bond acceptors (Lipinski definition) is 5. The molecule has 18 heavy (non-hydrogen) atoms.